The Morgan fingerprint density at radius 2 is 1.96 bits per heavy atom. The molecule has 0 atom stereocenters. The summed E-state index contributed by atoms with van der Waals surface area (Å²) >= 11 is 0. The lowest BCUT2D eigenvalue weighted by Crippen LogP contribution is -2.27. The average molecular weight is 331 g/mol. The minimum Gasteiger partial charge on any atom is -0.497 e. The van der Waals surface area contributed by atoms with Gasteiger partial charge < -0.3 is 14.8 Å². The van der Waals surface area contributed by atoms with Crippen molar-refractivity contribution in [1.82, 2.24) is 9.78 Å². The Bertz CT molecular complexity index is 784. The molecule has 24 heavy (non-hydrogen) atoms. The van der Waals surface area contributed by atoms with Gasteiger partial charge in [0.25, 0.3) is 11.5 Å². The van der Waals surface area contributed by atoms with Crippen LogP contribution in [0.3, 0.4) is 0 Å². The van der Waals surface area contributed by atoms with E-state index in [-0.39, 0.29) is 17.2 Å². The van der Waals surface area contributed by atoms with Crippen molar-refractivity contribution in [3.05, 3.63) is 46.4 Å². The summed E-state index contributed by atoms with van der Waals surface area (Å²) in [5, 5.41) is 6.86. The molecule has 0 unspecified atom stereocenters. The number of rotatable bonds is 6. The summed E-state index contributed by atoms with van der Waals surface area (Å²) in [4.78, 5) is 24.2. The van der Waals surface area contributed by atoms with Gasteiger partial charge in [0, 0.05) is 18.7 Å². The van der Waals surface area contributed by atoms with Gasteiger partial charge in [0.2, 0.25) is 0 Å². The number of anilines is 1. The van der Waals surface area contributed by atoms with Crippen LogP contribution in [0.2, 0.25) is 0 Å². The number of hydrogen-bond donors (Lipinski definition) is 1. The Morgan fingerprint density at radius 1 is 1.21 bits per heavy atom. The maximum Gasteiger partial charge on any atom is 0.276 e. The smallest absolute Gasteiger partial charge is 0.276 e. The number of nitrogens with zero attached hydrogens (tertiary/aromatic N) is 2. The van der Waals surface area contributed by atoms with Crippen LogP contribution in [0.15, 0.2) is 35.1 Å². The molecule has 1 amide bonds. The quantitative estimate of drug-likeness (QED) is 0.877. The van der Waals surface area contributed by atoms with Crippen LogP contribution in [-0.4, -0.2) is 29.9 Å². The number of amides is 1. The summed E-state index contributed by atoms with van der Waals surface area (Å²) in [5.41, 5.74) is 0.419. The van der Waals surface area contributed by atoms with Crippen molar-refractivity contribution in [1.29, 1.82) is 0 Å². The van der Waals surface area contributed by atoms with Gasteiger partial charge in [0.1, 0.15) is 17.2 Å². The summed E-state index contributed by atoms with van der Waals surface area (Å²) in [6, 6.07) is 7.81. The zero-order chi connectivity index (χ0) is 17.7. The van der Waals surface area contributed by atoms with Crippen LogP contribution < -0.4 is 20.3 Å². The topological polar surface area (TPSA) is 82.5 Å². The predicted molar refractivity (Wildman–Crippen MR) is 90.8 cm³/mol. The number of nitrogens with one attached hydrogen (secondary N) is 1. The van der Waals surface area contributed by atoms with E-state index in [1.54, 1.807) is 25.3 Å². The van der Waals surface area contributed by atoms with E-state index < -0.39 is 5.91 Å². The van der Waals surface area contributed by atoms with Crippen LogP contribution >= 0.6 is 0 Å². The van der Waals surface area contributed by atoms with Crippen LogP contribution in [0.5, 0.6) is 11.5 Å². The second-order valence-electron chi connectivity index (χ2n) is 5.65. The summed E-state index contributed by atoms with van der Waals surface area (Å²) in [5.74, 6) is 0.915. The molecule has 0 fully saturated rings. The van der Waals surface area contributed by atoms with Gasteiger partial charge in [-0.2, -0.15) is 5.10 Å². The first-order valence-electron chi connectivity index (χ1n) is 7.56. The van der Waals surface area contributed by atoms with E-state index in [1.165, 1.54) is 23.9 Å². The summed E-state index contributed by atoms with van der Waals surface area (Å²) in [6.07, 6.45) is 0. The van der Waals surface area contributed by atoms with Crippen molar-refractivity contribution in [2.45, 2.75) is 20.4 Å². The largest absolute Gasteiger partial charge is 0.497 e. The molecule has 0 aliphatic carbocycles. The second-order valence-corrected chi connectivity index (χ2v) is 5.65. The highest BCUT2D eigenvalue weighted by Crippen LogP contribution is 2.29. The van der Waals surface area contributed by atoms with Gasteiger partial charge in [-0.25, -0.2) is 4.68 Å². The third-order valence-electron chi connectivity index (χ3n) is 3.29. The van der Waals surface area contributed by atoms with Crippen molar-refractivity contribution in [2.24, 2.45) is 5.92 Å². The molecule has 0 saturated carbocycles. The molecule has 2 rings (SSSR count). The van der Waals surface area contributed by atoms with Crippen molar-refractivity contribution in [3.63, 3.8) is 0 Å². The number of benzene rings is 1. The molecule has 1 N–H and O–H groups in total. The molecule has 0 aliphatic rings. The molecule has 0 bridgehead atoms. The van der Waals surface area contributed by atoms with Crippen LogP contribution in [0.4, 0.5) is 5.69 Å². The monoisotopic (exact) mass is 331 g/mol. The third kappa shape index (κ3) is 4.13. The van der Waals surface area contributed by atoms with Gasteiger partial charge in [-0.3, -0.25) is 9.59 Å². The lowest BCUT2D eigenvalue weighted by molar-refractivity contribution is 0.101. The highest BCUT2D eigenvalue weighted by Gasteiger charge is 2.13. The van der Waals surface area contributed by atoms with E-state index in [4.69, 9.17) is 9.47 Å². The summed E-state index contributed by atoms with van der Waals surface area (Å²) in [6.45, 7) is 4.40. The molecule has 7 nitrogen and oxygen atoms in total. The van der Waals surface area contributed by atoms with Crippen molar-refractivity contribution < 1.29 is 14.3 Å². The van der Waals surface area contributed by atoms with Gasteiger partial charge in [-0.15, -0.1) is 0 Å². The van der Waals surface area contributed by atoms with E-state index in [0.29, 0.717) is 23.7 Å². The molecule has 7 heteroatoms. The molecule has 128 valence electrons. The highest BCUT2D eigenvalue weighted by atomic mass is 16.5. The van der Waals surface area contributed by atoms with Crippen LogP contribution in [-0.2, 0) is 6.54 Å². The SMILES string of the molecule is COc1ccc(NC(=O)c2ccc(=O)n(CC(C)C)n2)c(OC)c1. The lowest BCUT2D eigenvalue weighted by Gasteiger charge is -2.12. The van der Waals surface area contributed by atoms with Gasteiger partial charge >= 0.3 is 0 Å². The first-order chi connectivity index (χ1) is 11.4. The fourth-order valence-electron chi connectivity index (χ4n) is 2.13. The number of carbonyl (C=O) groups excluding carboxylic acids is 1. The lowest BCUT2D eigenvalue weighted by atomic mass is 10.2. The maximum absolute atomic E-state index is 12.4. The van der Waals surface area contributed by atoms with E-state index in [1.807, 2.05) is 13.8 Å². The van der Waals surface area contributed by atoms with Gasteiger partial charge in [-0.05, 0) is 24.1 Å². The van der Waals surface area contributed by atoms with Crippen molar-refractivity contribution in [2.75, 3.05) is 19.5 Å². The number of carbonyl (C=O) groups is 1. The molecular formula is C17H21N3O4. The fourth-order valence-corrected chi connectivity index (χ4v) is 2.13. The van der Waals surface area contributed by atoms with Gasteiger partial charge in [0.05, 0.1) is 19.9 Å². The number of aromatic nitrogens is 2. The zero-order valence-corrected chi connectivity index (χ0v) is 14.2. The summed E-state index contributed by atoms with van der Waals surface area (Å²) < 4.78 is 11.7. The highest BCUT2D eigenvalue weighted by molar-refractivity contribution is 6.03. The van der Waals surface area contributed by atoms with E-state index in [2.05, 4.69) is 10.4 Å². The molecule has 0 radical (unpaired) electrons. The van der Waals surface area contributed by atoms with Crippen LogP contribution in [0.1, 0.15) is 24.3 Å². The minimum atomic E-state index is -0.420. The molecule has 0 spiro atoms. The molecule has 1 aromatic carbocycles. The average Bonchev–Trinajstić information content (AvgIpc) is 2.56. The number of hydrogen-bond acceptors (Lipinski definition) is 5. The summed E-state index contributed by atoms with van der Waals surface area (Å²) in [7, 11) is 3.06. The molecule has 0 saturated heterocycles. The van der Waals surface area contributed by atoms with Gasteiger partial charge in [0.15, 0.2) is 0 Å². The number of methoxy groups -OCH3 is 2. The minimum absolute atomic E-state index is 0.160. The second kappa shape index (κ2) is 7.63. The molecule has 2 aromatic rings. The Kier molecular flexibility index (Phi) is 5.57. The molecular weight excluding hydrogens is 310 g/mol. The normalized spacial score (nSPS) is 10.5. The van der Waals surface area contributed by atoms with Crippen molar-refractivity contribution in [3.8, 4) is 11.5 Å². The Morgan fingerprint density at radius 3 is 2.58 bits per heavy atom. The van der Waals surface area contributed by atoms with E-state index in [0.717, 1.165) is 0 Å². The molecule has 1 heterocycles. The van der Waals surface area contributed by atoms with Crippen molar-refractivity contribution >= 4 is 11.6 Å². The first-order valence-corrected chi connectivity index (χ1v) is 7.56. The Balaban J connectivity index is 2.25. The number of ether oxygens (including phenoxy) is 2. The first kappa shape index (κ1) is 17.5. The standard InChI is InChI=1S/C17H21N3O4/c1-11(2)10-20-16(21)8-7-14(19-20)17(22)18-13-6-5-12(23-3)9-15(13)24-4/h5-9,11H,10H2,1-4H3,(H,18,22). The third-order valence-corrected chi connectivity index (χ3v) is 3.29. The van der Waals surface area contributed by atoms with Crippen LogP contribution in [0, 0.1) is 5.92 Å². The zero-order valence-electron chi connectivity index (χ0n) is 14.2. The Labute approximate surface area is 140 Å². The van der Waals surface area contributed by atoms with E-state index >= 15 is 0 Å². The maximum atomic E-state index is 12.4. The van der Waals surface area contributed by atoms with E-state index in [9.17, 15) is 9.59 Å². The molecule has 1 aromatic heterocycles. The predicted octanol–water partition coefficient (Wildman–Crippen LogP) is 2.17. The fraction of sp³-hybridized carbons (Fsp3) is 0.353. The molecule has 0 aliphatic heterocycles. The van der Waals surface area contributed by atoms with Crippen LogP contribution in [0.25, 0.3) is 0 Å². The van der Waals surface area contributed by atoms with Gasteiger partial charge in [-0.1, -0.05) is 13.8 Å². The Hall–Kier alpha value is -2.83.